The number of nitrogens with zero attached hydrogens (tertiary/aromatic N) is 1. The van der Waals surface area contributed by atoms with Gasteiger partial charge in [0.1, 0.15) is 25.1 Å². The second-order valence-corrected chi connectivity index (χ2v) is 7.32. The van der Waals surface area contributed by atoms with Gasteiger partial charge >= 0.3 is 0 Å². The van der Waals surface area contributed by atoms with Crippen LogP contribution in [0.25, 0.3) is 0 Å². The van der Waals surface area contributed by atoms with Crippen molar-refractivity contribution in [3.63, 3.8) is 0 Å². The van der Waals surface area contributed by atoms with E-state index in [2.05, 4.69) is 0 Å². The summed E-state index contributed by atoms with van der Waals surface area (Å²) in [6, 6.07) is 14.8. The Kier molecular flexibility index (Phi) is 5.98. The highest BCUT2D eigenvalue weighted by atomic mass is 16.6. The molecule has 0 spiro atoms. The lowest BCUT2D eigenvalue weighted by Gasteiger charge is -2.33. The summed E-state index contributed by atoms with van der Waals surface area (Å²) in [6.07, 6.45) is 2.20. The van der Waals surface area contributed by atoms with Crippen molar-refractivity contribution >= 4 is 11.7 Å². The number of hydrogen-bond acceptors (Lipinski definition) is 5. The number of piperidine rings is 1. The fraction of sp³-hybridized carbons (Fsp3) is 0.391. The summed E-state index contributed by atoms with van der Waals surface area (Å²) in [5.41, 5.74) is 0.547. The second-order valence-electron chi connectivity index (χ2n) is 7.32. The minimum absolute atomic E-state index is 0.00254. The molecule has 1 amide bonds. The molecule has 0 aliphatic carbocycles. The van der Waals surface area contributed by atoms with E-state index in [1.807, 2.05) is 35.2 Å². The van der Waals surface area contributed by atoms with Crippen molar-refractivity contribution in [2.45, 2.75) is 31.8 Å². The molecule has 0 radical (unpaired) electrons. The first-order valence-corrected chi connectivity index (χ1v) is 10.1. The monoisotopic (exact) mass is 395 g/mol. The lowest BCUT2D eigenvalue weighted by Crippen LogP contribution is -2.44. The third-order valence-corrected chi connectivity index (χ3v) is 5.21. The number of likely N-dealkylation sites (tertiary alicyclic amines) is 1. The van der Waals surface area contributed by atoms with Crippen molar-refractivity contribution in [2.75, 3.05) is 26.3 Å². The molecule has 1 unspecified atom stereocenters. The number of benzene rings is 2. The Balaban J connectivity index is 1.29. The number of carbonyl (C=O) groups excluding carboxylic acids is 2. The highest BCUT2D eigenvalue weighted by Gasteiger charge is 2.25. The molecule has 2 aliphatic rings. The molecule has 0 aromatic heterocycles. The fourth-order valence-corrected chi connectivity index (χ4v) is 3.69. The van der Waals surface area contributed by atoms with Gasteiger partial charge in [-0.1, -0.05) is 18.2 Å². The Bertz CT molecular complexity index is 867. The number of ether oxygens (including phenoxy) is 3. The van der Waals surface area contributed by atoms with Gasteiger partial charge in [0.15, 0.2) is 17.3 Å². The predicted octanol–water partition coefficient (Wildman–Crippen LogP) is 3.49. The molecular weight excluding hydrogens is 370 g/mol. The summed E-state index contributed by atoms with van der Waals surface area (Å²) in [5.74, 6) is 1.99. The van der Waals surface area contributed by atoms with Crippen LogP contribution >= 0.6 is 0 Å². The maximum Gasteiger partial charge on any atom is 0.223 e. The van der Waals surface area contributed by atoms with E-state index in [-0.39, 0.29) is 30.6 Å². The van der Waals surface area contributed by atoms with Crippen molar-refractivity contribution in [2.24, 2.45) is 0 Å². The zero-order valence-electron chi connectivity index (χ0n) is 16.3. The molecule has 1 saturated heterocycles. The van der Waals surface area contributed by atoms with Gasteiger partial charge in [0.05, 0.1) is 6.54 Å². The second kappa shape index (κ2) is 8.99. The van der Waals surface area contributed by atoms with E-state index in [0.717, 1.165) is 18.6 Å². The summed E-state index contributed by atoms with van der Waals surface area (Å²) < 4.78 is 17.0. The van der Waals surface area contributed by atoms with Crippen molar-refractivity contribution in [1.82, 2.24) is 4.90 Å². The van der Waals surface area contributed by atoms with Crippen molar-refractivity contribution in [1.29, 1.82) is 0 Å². The summed E-state index contributed by atoms with van der Waals surface area (Å²) in [6.45, 7) is 2.27. The largest absolute Gasteiger partial charge is 0.489 e. The Morgan fingerprint density at radius 1 is 1.00 bits per heavy atom. The van der Waals surface area contributed by atoms with Crippen LogP contribution < -0.4 is 14.2 Å². The van der Waals surface area contributed by atoms with Crippen LogP contribution in [0.15, 0.2) is 48.5 Å². The van der Waals surface area contributed by atoms with Gasteiger partial charge in [-0.3, -0.25) is 9.59 Å². The summed E-state index contributed by atoms with van der Waals surface area (Å²) in [7, 11) is 0. The zero-order valence-corrected chi connectivity index (χ0v) is 16.3. The third kappa shape index (κ3) is 4.88. The molecule has 29 heavy (non-hydrogen) atoms. The summed E-state index contributed by atoms with van der Waals surface area (Å²) >= 11 is 0. The third-order valence-electron chi connectivity index (χ3n) is 5.21. The number of rotatable bonds is 6. The number of amides is 1. The van der Waals surface area contributed by atoms with Gasteiger partial charge in [0.25, 0.3) is 0 Å². The van der Waals surface area contributed by atoms with E-state index in [9.17, 15) is 9.59 Å². The molecule has 6 nitrogen and oxygen atoms in total. The molecule has 6 heteroatoms. The van der Waals surface area contributed by atoms with Crippen LogP contribution in [0.5, 0.6) is 17.2 Å². The van der Waals surface area contributed by atoms with Gasteiger partial charge in [-0.25, -0.2) is 0 Å². The minimum Gasteiger partial charge on any atom is -0.489 e. The number of carbonyl (C=O) groups is 2. The van der Waals surface area contributed by atoms with E-state index in [1.165, 1.54) is 0 Å². The number of ketones is 1. The van der Waals surface area contributed by atoms with Crippen LogP contribution in [-0.4, -0.2) is 49.0 Å². The van der Waals surface area contributed by atoms with Crippen LogP contribution in [0.2, 0.25) is 0 Å². The lowest BCUT2D eigenvalue weighted by atomic mass is 10.0. The zero-order chi connectivity index (χ0) is 20.1. The molecular formula is C23H25NO5. The molecule has 2 aliphatic heterocycles. The number of Topliss-reactive ketones (excluding diaryl/α,β-unsaturated/α-hetero) is 1. The smallest absolute Gasteiger partial charge is 0.223 e. The molecule has 1 atom stereocenters. The van der Waals surface area contributed by atoms with Crippen molar-refractivity contribution in [3.8, 4) is 17.2 Å². The number of fused-ring (bicyclic) bond motifs is 1. The number of hydrogen-bond donors (Lipinski definition) is 0. The average Bonchev–Trinajstić information content (AvgIpc) is 2.77. The molecule has 0 bridgehead atoms. The Labute approximate surface area is 170 Å². The first-order valence-electron chi connectivity index (χ1n) is 10.1. The Morgan fingerprint density at radius 3 is 2.62 bits per heavy atom. The number of para-hydroxylation sites is 1. The van der Waals surface area contributed by atoms with Crippen molar-refractivity contribution in [3.05, 3.63) is 54.1 Å². The summed E-state index contributed by atoms with van der Waals surface area (Å²) in [5, 5.41) is 0. The first-order chi connectivity index (χ1) is 14.2. The van der Waals surface area contributed by atoms with Crippen LogP contribution in [0, 0.1) is 0 Å². The highest BCUT2D eigenvalue weighted by molar-refractivity contribution is 5.98. The lowest BCUT2D eigenvalue weighted by molar-refractivity contribution is -0.133. The van der Waals surface area contributed by atoms with Gasteiger partial charge in [-0.15, -0.1) is 0 Å². The average molecular weight is 395 g/mol. The van der Waals surface area contributed by atoms with E-state index < -0.39 is 0 Å². The molecule has 0 N–H and O–H groups in total. The molecule has 1 fully saturated rings. The predicted molar refractivity (Wildman–Crippen MR) is 108 cm³/mol. The molecule has 2 aromatic carbocycles. The SMILES string of the molecule is O=C(CCC(=O)N1CCCC(Oc2ccccc2)C1)c1ccc2c(c1)OCCO2. The standard InChI is InChI=1S/C23H25NO5/c25-20(17-8-10-21-22(15-17)28-14-13-27-21)9-11-23(26)24-12-4-7-19(16-24)29-18-5-2-1-3-6-18/h1-3,5-6,8,10,15,19H,4,7,9,11-14,16H2. The Hall–Kier alpha value is -3.02. The van der Waals surface area contributed by atoms with E-state index >= 15 is 0 Å². The van der Waals surface area contributed by atoms with Gasteiger partial charge in [-0.2, -0.15) is 0 Å². The maximum absolute atomic E-state index is 12.6. The highest BCUT2D eigenvalue weighted by Crippen LogP contribution is 2.31. The maximum atomic E-state index is 12.6. The fourth-order valence-electron chi connectivity index (χ4n) is 3.69. The molecule has 152 valence electrons. The van der Waals surface area contributed by atoms with Crippen LogP contribution in [0.4, 0.5) is 0 Å². The van der Waals surface area contributed by atoms with Gasteiger partial charge in [0.2, 0.25) is 5.91 Å². The molecule has 2 aromatic rings. The van der Waals surface area contributed by atoms with Crippen LogP contribution in [0.1, 0.15) is 36.0 Å². The molecule has 2 heterocycles. The summed E-state index contributed by atoms with van der Waals surface area (Å²) in [4.78, 5) is 27.0. The van der Waals surface area contributed by atoms with E-state index in [4.69, 9.17) is 14.2 Å². The van der Waals surface area contributed by atoms with Gasteiger partial charge in [0, 0.05) is 24.9 Å². The van der Waals surface area contributed by atoms with Crippen molar-refractivity contribution < 1.29 is 23.8 Å². The topological polar surface area (TPSA) is 65.1 Å². The normalized spacial score (nSPS) is 18.2. The minimum atomic E-state index is -0.0654. The van der Waals surface area contributed by atoms with Gasteiger partial charge in [-0.05, 0) is 43.2 Å². The molecule has 4 rings (SSSR count). The Morgan fingerprint density at radius 2 is 1.79 bits per heavy atom. The van der Waals surface area contributed by atoms with Gasteiger partial charge < -0.3 is 19.1 Å². The van der Waals surface area contributed by atoms with E-state index in [1.54, 1.807) is 18.2 Å². The van der Waals surface area contributed by atoms with Crippen LogP contribution in [0.3, 0.4) is 0 Å². The van der Waals surface area contributed by atoms with E-state index in [0.29, 0.717) is 43.4 Å². The molecule has 0 saturated carbocycles. The van der Waals surface area contributed by atoms with Crippen LogP contribution in [-0.2, 0) is 4.79 Å². The first kappa shape index (κ1) is 19.3. The quantitative estimate of drug-likeness (QED) is 0.701.